The van der Waals surface area contributed by atoms with E-state index >= 15 is 0 Å². The van der Waals surface area contributed by atoms with Gasteiger partial charge in [0.25, 0.3) is 0 Å². The molecule has 0 atom stereocenters. The lowest BCUT2D eigenvalue weighted by Crippen LogP contribution is -2.03. The minimum atomic E-state index is 0.125. The fraction of sp³-hybridized carbons (Fsp3) is 0.273. The van der Waals surface area contributed by atoms with E-state index in [9.17, 15) is 4.79 Å². The molecule has 3 nitrogen and oxygen atoms in total. The van der Waals surface area contributed by atoms with Crippen LogP contribution in [-0.4, -0.2) is 15.3 Å². The third-order valence-corrected chi connectivity index (χ3v) is 3.62. The van der Waals surface area contributed by atoms with Gasteiger partial charge in [-0.05, 0) is 12.1 Å². The van der Waals surface area contributed by atoms with Crippen molar-refractivity contribution in [3.05, 3.63) is 39.6 Å². The smallest absolute Gasteiger partial charge is 0.173 e. The van der Waals surface area contributed by atoms with Crippen molar-refractivity contribution in [3.63, 3.8) is 0 Å². The second-order valence-electron chi connectivity index (χ2n) is 3.48. The van der Waals surface area contributed by atoms with Crippen LogP contribution in [-0.2, 0) is 13.5 Å². The molecule has 0 fully saturated rings. The average Bonchev–Trinajstić information content (AvgIpc) is 2.84. The van der Waals surface area contributed by atoms with Crippen molar-refractivity contribution >= 4 is 28.7 Å². The Morgan fingerprint density at radius 1 is 1.56 bits per heavy atom. The maximum atomic E-state index is 11.8. The number of imidazole rings is 1. The van der Waals surface area contributed by atoms with Crippen molar-refractivity contribution in [2.45, 2.75) is 12.8 Å². The lowest BCUT2D eigenvalue weighted by molar-refractivity contribution is 0.0986. The first-order valence-corrected chi connectivity index (χ1v) is 6.11. The first kappa shape index (κ1) is 11.4. The molecule has 0 amide bonds. The van der Waals surface area contributed by atoms with Crippen molar-refractivity contribution < 1.29 is 4.79 Å². The zero-order valence-electron chi connectivity index (χ0n) is 8.81. The topological polar surface area (TPSA) is 34.9 Å². The van der Waals surface area contributed by atoms with E-state index in [2.05, 4.69) is 4.98 Å². The van der Waals surface area contributed by atoms with E-state index < -0.39 is 0 Å². The largest absolute Gasteiger partial charge is 0.338 e. The summed E-state index contributed by atoms with van der Waals surface area (Å²) in [6.45, 7) is 0. The molecule has 0 radical (unpaired) electrons. The van der Waals surface area contributed by atoms with Crippen LogP contribution in [0.4, 0.5) is 0 Å². The second-order valence-corrected chi connectivity index (χ2v) is 5.20. The summed E-state index contributed by atoms with van der Waals surface area (Å²) in [7, 11) is 1.93. The molecule has 2 aromatic rings. The first-order chi connectivity index (χ1) is 7.66. The van der Waals surface area contributed by atoms with Crippen molar-refractivity contribution in [2.24, 2.45) is 7.05 Å². The lowest BCUT2D eigenvalue weighted by Gasteiger charge is -1.99. The number of rotatable bonds is 4. The summed E-state index contributed by atoms with van der Waals surface area (Å²) in [4.78, 5) is 16.7. The number of carbonyl (C=O) groups excluding carboxylic acids is 1. The summed E-state index contributed by atoms with van der Waals surface area (Å²) in [5, 5.41) is 0. The highest BCUT2D eigenvalue weighted by molar-refractivity contribution is 7.18. The van der Waals surface area contributed by atoms with Gasteiger partial charge in [-0.1, -0.05) is 11.6 Å². The van der Waals surface area contributed by atoms with Gasteiger partial charge in [0.15, 0.2) is 5.78 Å². The highest BCUT2D eigenvalue weighted by Gasteiger charge is 2.10. The van der Waals surface area contributed by atoms with Crippen LogP contribution < -0.4 is 0 Å². The van der Waals surface area contributed by atoms with Crippen molar-refractivity contribution in [1.29, 1.82) is 0 Å². The normalized spacial score (nSPS) is 10.6. The third kappa shape index (κ3) is 2.51. The summed E-state index contributed by atoms with van der Waals surface area (Å²) in [5.74, 6) is 1.05. The van der Waals surface area contributed by atoms with Gasteiger partial charge in [-0.15, -0.1) is 11.3 Å². The Bertz CT molecular complexity index is 504. The number of ketones is 1. The molecular formula is C11H11ClN2OS. The van der Waals surface area contributed by atoms with E-state index in [-0.39, 0.29) is 5.78 Å². The molecular weight excluding hydrogens is 244 g/mol. The van der Waals surface area contributed by atoms with Gasteiger partial charge >= 0.3 is 0 Å². The van der Waals surface area contributed by atoms with Gasteiger partial charge in [0.1, 0.15) is 5.82 Å². The Labute approximate surface area is 103 Å². The minimum absolute atomic E-state index is 0.125. The van der Waals surface area contributed by atoms with Gasteiger partial charge in [0.2, 0.25) is 0 Å². The summed E-state index contributed by atoms with van der Waals surface area (Å²) in [6, 6.07) is 3.52. The third-order valence-electron chi connectivity index (χ3n) is 2.34. The van der Waals surface area contributed by atoms with Gasteiger partial charge in [-0.3, -0.25) is 4.79 Å². The van der Waals surface area contributed by atoms with Crippen molar-refractivity contribution in [2.75, 3.05) is 0 Å². The summed E-state index contributed by atoms with van der Waals surface area (Å²) in [5.41, 5.74) is 0. The molecule has 0 aliphatic carbocycles. The van der Waals surface area contributed by atoms with E-state index in [1.54, 1.807) is 18.3 Å². The molecule has 0 unspecified atom stereocenters. The maximum Gasteiger partial charge on any atom is 0.173 e. The van der Waals surface area contributed by atoms with E-state index in [1.807, 2.05) is 17.8 Å². The summed E-state index contributed by atoms with van der Waals surface area (Å²) >= 11 is 7.11. The van der Waals surface area contributed by atoms with Crippen LogP contribution in [0, 0.1) is 0 Å². The summed E-state index contributed by atoms with van der Waals surface area (Å²) < 4.78 is 2.58. The molecule has 0 aliphatic heterocycles. The standard InChI is InChI=1S/C11H11ClN2OS/c1-14-7-6-13-11(14)5-2-8(15)9-3-4-10(12)16-9/h3-4,6-7H,2,5H2,1H3. The van der Waals surface area contributed by atoms with E-state index in [4.69, 9.17) is 11.6 Å². The fourth-order valence-corrected chi connectivity index (χ4v) is 2.46. The molecule has 84 valence electrons. The Kier molecular flexibility index (Phi) is 3.41. The van der Waals surface area contributed by atoms with Crippen LogP contribution in [0.3, 0.4) is 0 Å². The zero-order chi connectivity index (χ0) is 11.5. The first-order valence-electron chi connectivity index (χ1n) is 4.91. The molecule has 0 N–H and O–H groups in total. The predicted molar refractivity (Wildman–Crippen MR) is 65.2 cm³/mol. The molecule has 2 heterocycles. The Morgan fingerprint density at radius 2 is 2.38 bits per heavy atom. The van der Waals surface area contributed by atoms with Crippen molar-refractivity contribution in [3.8, 4) is 0 Å². The SMILES string of the molecule is Cn1ccnc1CCC(=O)c1ccc(Cl)s1. The predicted octanol–water partition coefficient (Wildman–Crippen LogP) is 2.95. The molecule has 0 saturated carbocycles. The number of aryl methyl sites for hydroxylation is 2. The van der Waals surface area contributed by atoms with E-state index in [1.165, 1.54) is 11.3 Å². The van der Waals surface area contributed by atoms with Crippen LogP contribution in [0.25, 0.3) is 0 Å². The van der Waals surface area contributed by atoms with Crippen LogP contribution in [0.1, 0.15) is 21.9 Å². The van der Waals surface area contributed by atoms with Gasteiger partial charge in [0.05, 0.1) is 9.21 Å². The van der Waals surface area contributed by atoms with Gasteiger partial charge < -0.3 is 4.57 Å². The molecule has 0 aliphatic rings. The number of carbonyl (C=O) groups is 1. The second kappa shape index (κ2) is 4.80. The van der Waals surface area contributed by atoms with Gasteiger partial charge in [0, 0.05) is 32.3 Å². The molecule has 0 spiro atoms. The number of halogens is 1. The molecule has 0 saturated heterocycles. The van der Waals surface area contributed by atoms with Crippen LogP contribution in [0.2, 0.25) is 4.34 Å². The van der Waals surface area contributed by atoms with E-state index in [0.29, 0.717) is 17.2 Å². The number of hydrogen-bond acceptors (Lipinski definition) is 3. The maximum absolute atomic E-state index is 11.8. The number of hydrogen-bond donors (Lipinski definition) is 0. The van der Waals surface area contributed by atoms with Crippen molar-refractivity contribution in [1.82, 2.24) is 9.55 Å². The number of aromatic nitrogens is 2. The molecule has 0 aromatic carbocycles. The molecule has 2 rings (SSSR count). The highest BCUT2D eigenvalue weighted by atomic mass is 35.5. The molecule has 0 bridgehead atoms. The van der Waals surface area contributed by atoms with Crippen LogP contribution >= 0.6 is 22.9 Å². The monoisotopic (exact) mass is 254 g/mol. The molecule has 2 aromatic heterocycles. The summed E-state index contributed by atoms with van der Waals surface area (Å²) in [6.07, 6.45) is 4.75. The lowest BCUT2D eigenvalue weighted by atomic mass is 10.2. The molecule has 16 heavy (non-hydrogen) atoms. The average molecular weight is 255 g/mol. The minimum Gasteiger partial charge on any atom is -0.338 e. The zero-order valence-corrected chi connectivity index (χ0v) is 10.4. The molecule has 5 heteroatoms. The van der Waals surface area contributed by atoms with Gasteiger partial charge in [-0.25, -0.2) is 4.98 Å². The number of nitrogens with zero attached hydrogens (tertiary/aromatic N) is 2. The number of thiophene rings is 1. The Hall–Kier alpha value is -1.13. The number of Topliss-reactive ketones (excluding diaryl/α,β-unsaturated/α-hetero) is 1. The fourth-order valence-electron chi connectivity index (χ4n) is 1.45. The van der Waals surface area contributed by atoms with E-state index in [0.717, 1.165) is 10.7 Å². The quantitative estimate of drug-likeness (QED) is 0.787. The highest BCUT2D eigenvalue weighted by Crippen LogP contribution is 2.22. The Balaban J connectivity index is 1.96. The van der Waals surface area contributed by atoms with Gasteiger partial charge in [-0.2, -0.15) is 0 Å². The Morgan fingerprint density at radius 3 is 2.94 bits per heavy atom. The van der Waals surface area contributed by atoms with Crippen LogP contribution in [0.15, 0.2) is 24.5 Å². The van der Waals surface area contributed by atoms with Crippen LogP contribution in [0.5, 0.6) is 0 Å².